The van der Waals surface area contributed by atoms with Gasteiger partial charge in [0.25, 0.3) is 5.91 Å². The number of nitrogens with zero attached hydrogens (tertiary/aromatic N) is 3. The quantitative estimate of drug-likeness (QED) is 0.800. The molecule has 2 aromatic carbocycles. The van der Waals surface area contributed by atoms with Crippen molar-refractivity contribution in [1.29, 1.82) is 0 Å². The summed E-state index contributed by atoms with van der Waals surface area (Å²) in [4.78, 5) is 31.5. The third-order valence-electron chi connectivity index (χ3n) is 6.80. The van der Waals surface area contributed by atoms with Crippen LogP contribution in [0.5, 0.6) is 0 Å². The predicted molar refractivity (Wildman–Crippen MR) is 128 cm³/mol. The number of piperazine rings is 1. The highest BCUT2D eigenvalue weighted by Crippen LogP contribution is 2.28. The van der Waals surface area contributed by atoms with Crippen molar-refractivity contribution in [3.8, 4) is 0 Å². The molecule has 6 nitrogen and oxygen atoms in total. The Kier molecular flexibility index (Phi) is 6.68. The first-order valence-corrected chi connectivity index (χ1v) is 11.6. The molecule has 0 aliphatic carbocycles. The van der Waals surface area contributed by atoms with Gasteiger partial charge in [0.05, 0.1) is 0 Å². The number of carbonyl (C=O) groups is 2. The van der Waals surface area contributed by atoms with Crippen molar-refractivity contribution in [3.05, 3.63) is 64.7 Å². The number of rotatable bonds is 3. The molecule has 32 heavy (non-hydrogen) atoms. The van der Waals surface area contributed by atoms with Crippen LogP contribution in [0.2, 0.25) is 0 Å². The van der Waals surface area contributed by atoms with Crippen molar-refractivity contribution < 1.29 is 9.59 Å². The molecule has 2 heterocycles. The number of aryl methyl sites for hydroxylation is 2. The number of amides is 3. The molecular weight excluding hydrogens is 400 g/mol. The molecule has 0 spiro atoms. The van der Waals surface area contributed by atoms with E-state index in [1.165, 1.54) is 16.8 Å². The first-order chi connectivity index (χ1) is 15.5. The molecule has 2 aliphatic heterocycles. The maximum absolute atomic E-state index is 13.3. The molecular formula is C26H34N4O2. The number of hydrogen-bond donors (Lipinski definition) is 1. The Hall–Kier alpha value is -3.02. The molecule has 6 heteroatoms. The number of nitrogens with one attached hydrogen (secondary N) is 1. The average Bonchev–Trinajstić information content (AvgIpc) is 2.85. The fraction of sp³-hybridized carbons (Fsp3) is 0.462. The van der Waals surface area contributed by atoms with Crippen LogP contribution in [-0.2, 0) is 0 Å². The van der Waals surface area contributed by atoms with Crippen molar-refractivity contribution in [1.82, 2.24) is 15.1 Å². The molecule has 0 aromatic heterocycles. The van der Waals surface area contributed by atoms with Crippen LogP contribution in [0.25, 0.3) is 0 Å². The topological polar surface area (TPSA) is 55.9 Å². The van der Waals surface area contributed by atoms with Crippen LogP contribution in [0.3, 0.4) is 0 Å². The number of carbonyl (C=O) groups excluding carboxylic acids is 2. The fourth-order valence-corrected chi connectivity index (χ4v) is 4.91. The lowest BCUT2D eigenvalue weighted by Crippen LogP contribution is -2.49. The molecule has 1 atom stereocenters. The van der Waals surface area contributed by atoms with Gasteiger partial charge in [-0.2, -0.15) is 0 Å². The summed E-state index contributed by atoms with van der Waals surface area (Å²) in [5.74, 6) is 0.376. The second kappa shape index (κ2) is 9.63. The summed E-state index contributed by atoms with van der Waals surface area (Å²) in [6.07, 6.45) is 2.02. The zero-order chi connectivity index (χ0) is 22.7. The largest absolute Gasteiger partial charge is 0.368 e. The minimum Gasteiger partial charge on any atom is -0.368 e. The zero-order valence-electron chi connectivity index (χ0n) is 19.4. The first kappa shape index (κ1) is 22.2. The van der Waals surface area contributed by atoms with E-state index in [0.717, 1.165) is 56.7 Å². The highest BCUT2D eigenvalue weighted by molar-refractivity contribution is 5.94. The minimum absolute atomic E-state index is 0.0244. The SMILES string of the molecule is CNC(=O)N1CCC[C@H](c2cccc(C(=O)N3CCN(c4cc(C)ccc4C)CC3)c2)C1. The van der Waals surface area contributed by atoms with E-state index in [9.17, 15) is 9.59 Å². The highest BCUT2D eigenvalue weighted by atomic mass is 16.2. The summed E-state index contributed by atoms with van der Waals surface area (Å²) >= 11 is 0. The summed E-state index contributed by atoms with van der Waals surface area (Å²) in [6, 6.07) is 14.6. The Balaban J connectivity index is 1.41. The zero-order valence-corrected chi connectivity index (χ0v) is 19.4. The minimum atomic E-state index is -0.0244. The van der Waals surface area contributed by atoms with E-state index in [2.05, 4.69) is 48.3 Å². The maximum Gasteiger partial charge on any atom is 0.317 e. The van der Waals surface area contributed by atoms with Crippen molar-refractivity contribution in [2.75, 3.05) is 51.2 Å². The summed E-state index contributed by atoms with van der Waals surface area (Å²) < 4.78 is 0. The lowest BCUT2D eigenvalue weighted by Gasteiger charge is -2.37. The van der Waals surface area contributed by atoms with Gasteiger partial charge >= 0.3 is 6.03 Å². The van der Waals surface area contributed by atoms with E-state index < -0.39 is 0 Å². The van der Waals surface area contributed by atoms with Gasteiger partial charge in [0.15, 0.2) is 0 Å². The molecule has 0 bridgehead atoms. The monoisotopic (exact) mass is 434 g/mol. The summed E-state index contributed by atoms with van der Waals surface area (Å²) in [6.45, 7) is 8.91. The summed E-state index contributed by atoms with van der Waals surface area (Å²) in [5.41, 5.74) is 5.72. The van der Waals surface area contributed by atoms with E-state index >= 15 is 0 Å². The number of likely N-dealkylation sites (tertiary alicyclic amines) is 1. The molecule has 170 valence electrons. The number of benzene rings is 2. The van der Waals surface area contributed by atoms with Crippen molar-refractivity contribution in [2.45, 2.75) is 32.6 Å². The summed E-state index contributed by atoms with van der Waals surface area (Å²) in [5, 5.41) is 2.72. The van der Waals surface area contributed by atoms with Gasteiger partial charge < -0.3 is 20.0 Å². The van der Waals surface area contributed by atoms with Gasteiger partial charge in [-0.25, -0.2) is 4.79 Å². The van der Waals surface area contributed by atoms with E-state index in [0.29, 0.717) is 6.54 Å². The molecule has 3 amide bonds. The van der Waals surface area contributed by atoms with Crippen LogP contribution in [0, 0.1) is 13.8 Å². The van der Waals surface area contributed by atoms with Gasteiger partial charge in [-0.15, -0.1) is 0 Å². The van der Waals surface area contributed by atoms with Crippen molar-refractivity contribution in [2.24, 2.45) is 0 Å². The fourth-order valence-electron chi connectivity index (χ4n) is 4.91. The lowest BCUT2D eigenvalue weighted by molar-refractivity contribution is 0.0746. The van der Waals surface area contributed by atoms with E-state index in [-0.39, 0.29) is 17.9 Å². The van der Waals surface area contributed by atoms with Gasteiger partial charge in [-0.05, 0) is 61.6 Å². The Morgan fingerprint density at radius 1 is 0.938 bits per heavy atom. The molecule has 1 N–H and O–H groups in total. The molecule has 0 unspecified atom stereocenters. The van der Waals surface area contributed by atoms with Gasteiger partial charge in [-0.3, -0.25) is 4.79 Å². The van der Waals surface area contributed by atoms with Crippen molar-refractivity contribution >= 4 is 17.6 Å². The number of hydrogen-bond acceptors (Lipinski definition) is 3. The molecule has 0 radical (unpaired) electrons. The Morgan fingerprint density at radius 3 is 2.47 bits per heavy atom. The Morgan fingerprint density at radius 2 is 1.72 bits per heavy atom. The predicted octanol–water partition coefficient (Wildman–Crippen LogP) is 3.78. The van der Waals surface area contributed by atoms with Crippen LogP contribution < -0.4 is 10.2 Å². The van der Waals surface area contributed by atoms with Gasteiger partial charge in [-0.1, -0.05) is 24.3 Å². The number of piperidine rings is 1. The van der Waals surface area contributed by atoms with Crippen LogP contribution in [-0.4, -0.2) is 68.1 Å². The van der Waals surface area contributed by atoms with Crippen molar-refractivity contribution in [3.63, 3.8) is 0 Å². The second-order valence-corrected chi connectivity index (χ2v) is 9.03. The molecule has 2 aromatic rings. The summed E-state index contributed by atoms with van der Waals surface area (Å²) in [7, 11) is 1.67. The molecule has 0 saturated carbocycles. The number of anilines is 1. The third kappa shape index (κ3) is 4.74. The normalized spacial score (nSPS) is 19.1. The lowest BCUT2D eigenvalue weighted by atomic mass is 9.89. The van der Waals surface area contributed by atoms with E-state index in [4.69, 9.17) is 0 Å². The Labute approximate surface area is 191 Å². The molecule has 2 fully saturated rings. The van der Waals surface area contributed by atoms with Gasteiger partial charge in [0.2, 0.25) is 0 Å². The molecule has 4 rings (SSSR count). The smallest absolute Gasteiger partial charge is 0.317 e. The van der Waals surface area contributed by atoms with E-state index in [1.807, 2.05) is 28.0 Å². The van der Waals surface area contributed by atoms with Gasteiger partial charge in [0, 0.05) is 63.5 Å². The van der Waals surface area contributed by atoms with Crippen LogP contribution in [0.4, 0.5) is 10.5 Å². The van der Waals surface area contributed by atoms with Crippen LogP contribution in [0.15, 0.2) is 42.5 Å². The first-order valence-electron chi connectivity index (χ1n) is 11.6. The molecule has 2 aliphatic rings. The second-order valence-electron chi connectivity index (χ2n) is 9.03. The van der Waals surface area contributed by atoms with E-state index in [1.54, 1.807) is 7.05 Å². The van der Waals surface area contributed by atoms with Gasteiger partial charge in [0.1, 0.15) is 0 Å². The standard InChI is InChI=1S/C26H34N4O2/c1-19-9-10-20(2)24(16-19)28-12-14-29(15-13-28)25(31)22-7-4-6-21(17-22)23-8-5-11-30(18-23)26(32)27-3/h4,6-7,9-10,16-17,23H,5,8,11-15,18H2,1-3H3,(H,27,32)/t23-/m0/s1. The Bertz CT molecular complexity index is 982. The maximum atomic E-state index is 13.3. The third-order valence-corrected chi connectivity index (χ3v) is 6.80. The van der Waals surface area contributed by atoms with Crippen LogP contribution >= 0.6 is 0 Å². The molecule has 2 saturated heterocycles. The number of urea groups is 1. The average molecular weight is 435 g/mol. The van der Waals surface area contributed by atoms with Crippen LogP contribution in [0.1, 0.15) is 45.8 Å². The highest BCUT2D eigenvalue weighted by Gasteiger charge is 2.26.